The van der Waals surface area contributed by atoms with Gasteiger partial charge in [0, 0.05) is 18.1 Å². The normalized spacial score (nSPS) is 11.7. The van der Waals surface area contributed by atoms with Crippen molar-refractivity contribution in [1.29, 1.82) is 0 Å². The van der Waals surface area contributed by atoms with Crippen molar-refractivity contribution >= 4 is 17.5 Å². The molecule has 0 radical (unpaired) electrons. The number of ether oxygens (including phenoxy) is 1. The van der Waals surface area contributed by atoms with Crippen LogP contribution in [0.15, 0.2) is 71.5 Å². The van der Waals surface area contributed by atoms with Gasteiger partial charge in [-0.05, 0) is 42.8 Å². The molecule has 3 aromatic rings. The maximum absolute atomic E-state index is 12.9. The first-order valence-electron chi connectivity index (χ1n) is 9.24. The van der Waals surface area contributed by atoms with Crippen molar-refractivity contribution in [3.63, 3.8) is 0 Å². The molecule has 1 amide bonds. The molecule has 1 aromatic heterocycles. The summed E-state index contributed by atoms with van der Waals surface area (Å²) in [5.41, 5.74) is 0.870. The van der Waals surface area contributed by atoms with E-state index in [-0.39, 0.29) is 36.4 Å². The summed E-state index contributed by atoms with van der Waals surface area (Å²) in [4.78, 5) is 26.6. The standard InChI is InChI=1S/C22H22ClN3O3/c1-16(17-8-10-18(23)11-9-17)25(2)22(28)20-12-13-21(27)26(24-20)14-15-29-19-6-4-3-5-7-19/h3-13,16H,14-15H2,1-2H3. The summed E-state index contributed by atoms with van der Waals surface area (Å²) in [7, 11) is 1.71. The molecule has 0 bridgehead atoms. The zero-order chi connectivity index (χ0) is 20.8. The Morgan fingerprint density at radius 3 is 2.48 bits per heavy atom. The molecule has 2 aromatic carbocycles. The van der Waals surface area contributed by atoms with Crippen molar-refractivity contribution in [2.75, 3.05) is 13.7 Å². The van der Waals surface area contributed by atoms with Crippen LogP contribution in [-0.4, -0.2) is 34.2 Å². The number of aromatic nitrogens is 2. The lowest BCUT2D eigenvalue weighted by Crippen LogP contribution is -2.33. The maximum Gasteiger partial charge on any atom is 0.274 e. The summed E-state index contributed by atoms with van der Waals surface area (Å²) in [5, 5.41) is 4.87. The number of hydrogen-bond acceptors (Lipinski definition) is 4. The zero-order valence-electron chi connectivity index (χ0n) is 16.3. The van der Waals surface area contributed by atoms with E-state index >= 15 is 0 Å². The lowest BCUT2D eigenvalue weighted by atomic mass is 10.1. The number of carbonyl (C=O) groups is 1. The van der Waals surface area contributed by atoms with Gasteiger partial charge in [-0.1, -0.05) is 41.9 Å². The molecule has 1 atom stereocenters. The van der Waals surface area contributed by atoms with Gasteiger partial charge in [0.2, 0.25) is 0 Å². The van der Waals surface area contributed by atoms with Crippen LogP contribution in [0, 0.1) is 0 Å². The van der Waals surface area contributed by atoms with E-state index in [1.54, 1.807) is 24.1 Å². The Hall–Kier alpha value is -3.12. The molecular formula is C22H22ClN3O3. The Morgan fingerprint density at radius 1 is 1.10 bits per heavy atom. The molecule has 0 spiro atoms. The molecule has 0 aliphatic heterocycles. The van der Waals surface area contributed by atoms with Crippen molar-refractivity contribution in [3.05, 3.63) is 93.4 Å². The highest BCUT2D eigenvalue weighted by atomic mass is 35.5. The van der Waals surface area contributed by atoms with Gasteiger partial charge in [-0.15, -0.1) is 0 Å². The van der Waals surface area contributed by atoms with Crippen molar-refractivity contribution in [3.8, 4) is 5.75 Å². The first-order chi connectivity index (χ1) is 14.0. The average molecular weight is 412 g/mol. The highest BCUT2D eigenvalue weighted by Crippen LogP contribution is 2.22. The van der Waals surface area contributed by atoms with Gasteiger partial charge in [-0.2, -0.15) is 5.10 Å². The second kappa shape index (κ2) is 9.39. The lowest BCUT2D eigenvalue weighted by molar-refractivity contribution is 0.0733. The lowest BCUT2D eigenvalue weighted by Gasteiger charge is -2.25. The van der Waals surface area contributed by atoms with E-state index in [2.05, 4.69) is 5.10 Å². The third-order valence-corrected chi connectivity index (χ3v) is 4.91. The summed E-state index contributed by atoms with van der Waals surface area (Å²) < 4.78 is 6.86. The molecule has 3 rings (SSSR count). The summed E-state index contributed by atoms with van der Waals surface area (Å²) in [6.07, 6.45) is 0. The minimum atomic E-state index is -0.286. The van der Waals surface area contributed by atoms with Gasteiger partial charge < -0.3 is 9.64 Å². The minimum Gasteiger partial charge on any atom is -0.492 e. The fourth-order valence-corrected chi connectivity index (χ4v) is 2.94. The summed E-state index contributed by atoms with van der Waals surface area (Å²) >= 11 is 5.93. The van der Waals surface area contributed by atoms with E-state index in [1.807, 2.05) is 49.4 Å². The van der Waals surface area contributed by atoms with Crippen molar-refractivity contribution in [1.82, 2.24) is 14.7 Å². The summed E-state index contributed by atoms with van der Waals surface area (Å²) in [5.74, 6) is 0.439. The molecule has 0 fully saturated rings. The minimum absolute atomic E-state index is 0.177. The van der Waals surface area contributed by atoms with Gasteiger partial charge in [-0.25, -0.2) is 4.68 Å². The van der Waals surface area contributed by atoms with Gasteiger partial charge in [0.25, 0.3) is 11.5 Å². The molecular weight excluding hydrogens is 390 g/mol. The highest BCUT2D eigenvalue weighted by Gasteiger charge is 2.20. The molecule has 0 saturated carbocycles. The number of para-hydroxylation sites is 1. The fourth-order valence-electron chi connectivity index (χ4n) is 2.81. The van der Waals surface area contributed by atoms with Gasteiger partial charge in [0.1, 0.15) is 18.1 Å². The highest BCUT2D eigenvalue weighted by molar-refractivity contribution is 6.30. The van der Waals surface area contributed by atoms with Crippen LogP contribution in [0.3, 0.4) is 0 Å². The Kier molecular flexibility index (Phi) is 6.67. The second-order valence-electron chi connectivity index (χ2n) is 6.59. The number of hydrogen-bond donors (Lipinski definition) is 0. The molecule has 7 heteroatoms. The second-order valence-corrected chi connectivity index (χ2v) is 7.02. The number of carbonyl (C=O) groups excluding carboxylic acids is 1. The van der Waals surface area contributed by atoms with E-state index in [0.29, 0.717) is 10.8 Å². The monoisotopic (exact) mass is 411 g/mol. The Balaban J connectivity index is 1.69. The molecule has 6 nitrogen and oxygen atoms in total. The van der Waals surface area contributed by atoms with Gasteiger partial charge in [-0.3, -0.25) is 9.59 Å². The third-order valence-electron chi connectivity index (χ3n) is 4.65. The predicted octanol–water partition coefficient (Wildman–Crippen LogP) is 3.81. The molecule has 0 N–H and O–H groups in total. The summed E-state index contributed by atoms with van der Waals surface area (Å²) in [6.45, 7) is 2.43. The molecule has 150 valence electrons. The predicted molar refractivity (Wildman–Crippen MR) is 112 cm³/mol. The van der Waals surface area contributed by atoms with E-state index < -0.39 is 0 Å². The Morgan fingerprint density at radius 2 is 1.79 bits per heavy atom. The van der Waals surface area contributed by atoms with Crippen molar-refractivity contribution < 1.29 is 9.53 Å². The quantitative estimate of drug-likeness (QED) is 0.593. The average Bonchev–Trinajstić information content (AvgIpc) is 2.75. The van der Waals surface area contributed by atoms with Crippen LogP contribution in [0.25, 0.3) is 0 Å². The fraction of sp³-hybridized carbons (Fsp3) is 0.227. The first-order valence-corrected chi connectivity index (χ1v) is 9.62. The Labute approximate surface area is 174 Å². The molecule has 0 aliphatic carbocycles. The first kappa shape index (κ1) is 20.6. The number of nitrogens with zero attached hydrogens (tertiary/aromatic N) is 3. The van der Waals surface area contributed by atoms with Crippen LogP contribution in [0.4, 0.5) is 0 Å². The third kappa shape index (κ3) is 5.23. The topological polar surface area (TPSA) is 64.4 Å². The number of rotatable bonds is 7. The van der Waals surface area contributed by atoms with Crippen LogP contribution in [-0.2, 0) is 6.54 Å². The van der Waals surface area contributed by atoms with Crippen molar-refractivity contribution in [2.24, 2.45) is 0 Å². The largest absolute Gasteiger partial charge is 0.492 e. The van der Waals surface area contributed by atoms with Crippen LogP contribution >= 0.6 is 11.6 Å². The maximum atomic E-state index is 12.9. The van der Waals surface area contributed by atoms with Crippen LogP contribution in [0.1, 0.15) is 29.0 Å². The van der Waals surface area contributed by atoms with Gasteiger partial charge in [0.15, 0.2) is 0 Å². The van der Waals surface area contributed by atoms with E-state index in [4.69, 9.17) is 16.3 Å². The van der Waals surface area contributed by atoms with E-state index in [0.717, 1.165) is 5.56 Å². The van der Waals surface area contributed by atoms with Crippen LogP contribution in [0.2, 0.25) is 5.02 Å². The van der Waals surface area contributed by atoms with Crippen LogP contribution < -0.4 is 10.3 Å². The SMILES string of the molecule is CC(c1ccc(Cl)cc1)N(C)C(=O)c1ccc(=O)n(CCOc2ccccc2)n1. The van der Waals surface area contributed by atoms with E-state index in [9.17, 15) is 9.59 Å². The number of amides is 1. The van der Waals surface area contributed by atoms with Gasteiger partial charge >= 0.3 is 0 Å². The van der Waals surface area contributed by atoms with Crippen LogP contribution in [0.5, 0.6) is 5.75 Å². The molecule has 1 heterocycles. The molecule has 29 heavy (non-hydrogen) atoms. The molecule has 1 unspecified atom stereocenters. The number of halogens is 1. The molecule has 0 saturated heterocycles. The summed E-state index contributed by atoms with van der Waals surface area (Å²) in [6, 6.07) is 19.3. The zero-order valence-corrected chi connectivity index (χ0v) is 17.0. The smallest absolute Gasteiger partial charge is 0.274 e. The van der Waals surface area contributed by atoms with E-state index in [1.165, 1.54) is 16.8 Å². The Bertz CT molecular complexity index is 1020. The number of benzene rings is 2. The molecule has 0 aliphatic rings. The van der Waals surface area contributed by atoms with Gasteiger partial charge in [0.05, 0.1) is 12.6 Å². The van der Waals surface area contributed by atoms with Crippen molar-refractivity contribution in [2.45, 2.75) is 19.5 Å².